The van der Waals surface area contributed by atoms with Crippen LogP contribution in [0, 0.1) is 11.6 Å². The fraction of sp³-hybridized carbons (Fsp3) is 0.400. The molecule has 0 amide bonds. The van der Waals surface area contributed by atoms with Crippen LogP contribution in [0.25, 0.3) is 0 Å². The summed E-state index contributed by atoms with van der Waals surface area (Å²) in [6, 6.07) is 1.26. The second kappa shape index (κ2) is 3.53. The third-order valence-electron chi connectivity index (χ3n) is 2.34. The maximum absolute atomic E-state index is 13.7. The molecule has 2 rings (SSSR count). The number of hydrogen-bond acceptors (Lipinski definition) is 2. The van der Waals surface area contributed by atoms with E-state index in [4.69, 9.17) is 4.74 Å². The Morgan fingerprint density at radius 1 is 1.50 bits per heavy atom. The highest BCUT2D eigenvalue weighted by atomic mass is 19.1. The van der Waals surface area contributed by atoms with E-state index in [1.807, 2.05) is 0 Å². The highest BCUT2D eigenvalue weighted by Crippen LogP contribution is 2.31. The van der Waals surface area contributed by atoms with Crippen molar-refractivity contribution in [2.75, 3.05) is 13.7 Å². The largest absolute Gasteiger partial charge is 0.493 e. The van der Waals surface area contributed by atoms with E-state index < -0.39 is 11.6 Å². The highest BCUT2D eigenvalue weighted by molar-refractivity contribution is 5.42. The van der Waals surface area contributed by atoms with Crippen molar-refractivity contribution in [3.8, 4) is 5.75 Å². The quantitative estimate of drug-likeness (QED) is 0.781. The van der Waals surface area contributed by atoms with E-state index in [2.05, 4.69) is 5.32 Å². The smallest absolute Gasteiger partial charge is 0.137 e. The first kappa shape index (κ1) is 9.40. The summed E-state index contributed by atoms with van der Waals surface area (Å²) in [5.74, 6) is -0.663. The lowest BCUT2D eigenvalue weighted by atomic mass is 10.1. The zero-order chi connectivity index (χ0) is 10.1. The minimum atomic E-state index is -0.544. The van der Waals surface area contributed by atoms with Crippen molar-refractivity contribution in [3.05, 3.63) is 28.8 Å². The molecule has 0 aromatic heterocycles. The van der Waals surface area contributed by atoms with Crippen molar-refractivity contribution in [1.29, 1.82) is 0 Å². The van der Waals surface area contributed by atoms with Gasteiger partial charge < -0.3 is 10.1 Å². The van der Waals surface area contributed by atoms with Gasteiger partial charge in [-0.05, 0) is 7.05 Å². The van der Waals surface area contributed by atoms with Crippen LogP contribution in [0.1, 0.15) is 11.1 Å². The molecule has 76 valence electrons. The summed E-state index contributed by atoms with van der Waals surface area (Å²) in [5, 5.41) is 2.74. The Morgan fingerprint density at radius 3 is 3.00 bits per heavy atom. The van der Waals surface area contributed by atoms with Crippen LogP contribution in [-0.2, 0) is 13.0 Å². The van der Waals surface area contributed by atoms with E-state index in [1.165, 1.54) is 6.07 Å². The summed E-state index contributed by atoms with van der Waals surface area (Å²) in [6.07, 6.45) is 0.526. The van der Waals surface area contributed by atoms with Crippen molar-refractivity contribution in [2.24, 2.45) is 0 Å². The van der Waals surface area contributed by atoms with Gasteiger partial charge in [-0.25, -0.2) is 8.78 Å². The maximum Gasteiger partial charge on any atom is 0.137 e. The minimum absolute atomic E-state index is 0.0942. The highest BCUT2D eigenvalue weighted by Gasteiger charge is 2.22. The second-order valence-corrected chi connectivity index (χ2v) is 3.26. The third-order valence-corrected chi connectivity index (χ3v) is 2.34. The average Bonchev–Trinajstić information content (AvgIpc) is 2.60. The summed E-state index contributed by atoms with van der Waals surface area (Å²) in [7, 11) is 1.66. The van der Waals surface area contributed by atoms with Gasteiger partial charge in [-0.15, -0.1) is 0 Å². The number of benzene rings is 1. The van der Waals surface area contributed by atoms with Gasteiger partial charge in [-0.3, -0.25) is 0 Å². The SMILES string of the molecule is CNCc1c(F)cc2c(c1F)CCO2. The van der Waals surface area contributed by atoms with Crippen LogP contribution in [0.3, 0.4) is 0 Å². The first-order chi connectivity index (χ1) is 6.74. The van der Waals surface area contributed by atoms with E-state index in [0.717, 1.165) is 0 Å². The van der Waals surface area contributed by atoms with Crippen LogP contribution in [0.15, 0.2) is 6.07 Å². The standard InChI is InChI=1S/C10H11F2NO/c1-13-5-7-8(11)4-9-6(10(7)12)2-3-14-9/h4,13H,2-3,5H2,1H3. The molecule has 1 aliphatic rings. The normalized spacial score (nSPS) is 13.9. The molecule has 2 nitrogen and oxygen atoms in total. The molecule has 0 fully saturated rings. The van der Waals surface area contributed by atoms with E-state index in [0.29, 0.717) is 24.3 Å². The van der Waals surface area contributed by atoms with Crippen LogP contribution in [0.5, 0.6) is 5.75 Å². The van der Waals surface area contributed by atoms with Gasteiger partial charge in [0.2, 0.25) is 0 Å². The van der Waals surface area contributed by atoms with E-state index in [9.17, 15) is 8.78 Å². The molecule has 1 N–H and O–H groups in total. The molecule has 1 aromatic carbocycles. The molecule has 0 spiro atoms. The van der Waals surface area contributed by atoms with Gasteiger partial charge in [-0.1, -0.05) is 0 Å². The molecule has 0 aliphatic carbocycles. The summed E-state index contributed by atoms with van der Waals surface area (Å²) >= 11 is 0. The van der Waals surface area contributed by atoms with Gasteiger partial charge in [0.05, 0.1) is 6.61 Å². The van der Waals surface area contributed by atoms with Crippen molar-refractivity contribution in [1.82, 2.24) is 5.32 Å². The third kappa shape index (κ3) is 1.35. The fourth-order valence-electron chi connectivity index (χ4n) is 1.65. The molecule has 0 radical (unpaired) electrons. The lowest BCUT2D eigenvalue weighted by molar-refractivity contribution is 0.355. The molecule has 1 aliphatic heterocycles. The summed E-state index contributed by atoms with van der Waals surface area (Å²) in [5.41, 5.74) is 0.591. The average molecular weight is 199 g/mol. The van der Waals surface area contributed by atoms with Crippen LogP contribution >= 0.6 is 0 Å². The monoisotopic (exact) mass is 199 g/mol. The number of nitrogens with one attached hydrogen (secondary N) is 1. The van der Waals surface area contributed by atoms with E-state index >= 15 is 0 Å². The molecular formula is C10H11F2NO. The molecule has 1 heterocycles. The van der Waals surface area contributed by atoms with E-state index in [-0.39, 0.29) is 12.1 Å². The van der Waals surface area contributed by atoms with Crippen LogP contribution in [0.4, 0.5) is 8.78 Å². The fourth-order valence-corrected chi connectivity index (χ4v) is 1.65. The minimum Gasteiger partial charge on any atom is -0.493 e. The number of ether oxygens (including phenoxy) is 1. The predicted octanol–water partition coefficient (Wildman–Crippen LogP) is 1.62. The van der Waals surface area contributed by atoms with Crippen LogP contribution in [-0.4, -0.2) is 13.7 Å². The Morgan fingerprint density at radius 2 is 2.29 bits per heavy atom. The second-order valence-electron chi connectivity index (χ2n) is 3.26. The lowest BCUT2D eigenvalue weighted by Gasteiger charge is -2.07. The number of hydrogen-bond donors (Lipinski definition) is 1. The Hall–Kier alpha value is -1.16. The first-order valence-corrected chi connectivity index (χ1v) is 4.51. The molecular weight excluding hydrogens is 188 g/mol. The molecule has 0 saturated carbocycles. The summed E-state index contributed by atoms with van der Waals surface area (Å²) < 4.78 is 32.1. The molecule has 0 bridgehead atoms. The Kier molecular flexibility index (Phi) is 2.37. The maximum atomic E-state index is 13.7. The van der Waals surface area contributed by atoms with Crippen LogP contribution in [0.2, 0.25) is 0 Å². The number of fused-ring (bicyclic) bond motifs is 1. The molecule has 1 aromatic rings. The van der Waals surface area contributed by atoms with Crippen molar-refractivity contribution < 1.29 is 13.5 Å². The first-order valence-electron chi connectivity index (χ1n) is 4.51. The van der Waals surface area contributed by atoms with Gasteiger partial charge in [0.15, 0.2) is 0 Å². The van der Waals surface area contributed by atoms with Crippen LogP contribution < -0.4 is 10.1 Å². The van der Waals surface area contributed by atoms with Gasteiger partial charge in [0.1, 0.15) is 17.4 Å². The molecule has 0 atom stereocenters. The van der Waals surface area contributed by atoms with Gasteiger partial charge in [0.25, 0.3) is 0 Å². The lowest BCUT2D eigenvalue weighted by Crippen LogP contribution is -2.10. The van der Waals surface area contributed by atoms with Gasteiger partial charge in [0, 0.05) is 30.2 Å². The predicted molar refractivity (Wildman–Crippen MR) is 48.3 cm³/mol. The zero-order valence-electron chi connectivity index (χ0n) is 7.86. The summed E-state index contributed by atoms with van der Waals surface area (Å²) in [6.45, 7) is 0.639. The molecule has 14 heavy (non-hydrogen) atoms. The number of halogens is 2. The van der Waals surface area contributed by atoms with Gasteiger partial charge in [-0.2, -0.15) is 0 Å². The van der Waals surface area contributed by atoms with Crippen molar-refractivity contribution >= 4 is 0 Å². The summed E-state index contributed by atoms with van der Waals surface area (Å²) in [4.78, 5) is 0. The Labute approximate surface area is 80.9 Å². The Balaban J connectivity index is 2.51. The molecule has 0 unspecified atom stereocenters. The zero-order valence-corrected chi connectivity index (χ0v) is 7.86. The van der Waals surface area contributed by atoms with Crippen molar-refractivity contribution in [2.45, 2.75) is 13.0 Å². The topological polar surface area (TPSA) is 21.3 Å². The van der Waals surface area contributed by atoms with E-state index in [1.54, 1.807) is 7.05 Å². The van der Waals surface area contributed by atoms with Crippen molar-refractivity contribution in [3.63, 3.8) is 0 Å². The molecule has 4 heteroatoms. The Bertz CT molecular complexity index is 366. The number of rotatable bonds is 2. The van der Waals surface area contributed by atoms with Gasteiger partial charge >= 0.3 is 0 Å². The molecule has 0 saturated heterocycles.